The summed E-state index contributed by atoms with van der Waals surface area (Å²) >= 11 is 0. The number of rotatable bonds is 37. The van der Waals surface area contributed by atoms with Crippen LogP contribution in [0.1, 0.15) is 104 Å². The summed E-state index contributed by atoms with van der Waals surface area (Å²) in [4.78, 5) is 22.5. The van der Waals surface area contributed by atoms with Gasteiger partial charge in [-0.25, -0.2) is 9.59 Å². The zero-order valence-electron chi connectivity index (χ0n) is 29.3. The van der Waals surface area contributed by atoms with Gasteiger partial charge in [0.05, 0.1) is 13.2 Å². The van der Waals surface area contributed by atoms with Crippen LogP contribution in [-0.4, -0.2) is 104 Å². The van der Waals surface area contributed by atoms with Crippen molar-refractivity contribution in [3.8, 4) is 0 Å². The highest BCUT2D eigenvalue weighted by Gasteiger charge is 2.03. The van der Waals surface area contributed by atoms with Crippen LogP contribution in [-0.2, 0) is 47.5 Å². The van der Waals surface area contributed by atoms with Gasteiger partial charge < -0.3 is 37.9 Å². The van der Waals surface area contributed by atoms with Gasteiger partial charge in [-0.2, -0.15) is 0 Å². The van der Waals surface area contributed by atoms with E-state index in [9.17, 15) is 9.59 Å². The molecule has 0 aromatic heterocycles. The maximum absolute atomic E-state index is 11.2. The van der Waals surface area contributed by atoms with E-state index in [1.165, 1.54) is 0 Å². The molecule has 270 valence electrons. The molecule has 0 N–H and O–H groups in total. The Morgan fingerprint density at radius 1 is 0.326 bits per heavy atom. The Morgan fingerprint density at radius 2 is 0.478 bits per heavy atom. The first-order valence-corrected chi connectivity index (χ1v) is 17.6. The lowest BCUT2D eigenvalue weighted by atomic mass is 10.3. The summed E-state index contributed by atoms with van der Waals surface area (Å²) < 4.78 is 44.1. The topological polar surface area (TPSA) is 108 Å². The number of hydrogen-bond donors (Lipinski definition) is 0. The Kier molecular flexibility index (Phi) is 34.6. The van der Waals surface area contributed by atoms with Gasteiger partial charge in [0.15, 0.2) is 0 Å². The highest BCUT2D eigenvalue weighted by molar-refractivity contribution is 5.87. The van der Waals surface area contributed by atoms with Gasteiger partial charge in [-0.15, -0.1) is 0 Å². The van der Waals surface area contributed by atoms with E-state index in [0.29, 0.717) is 37.6 Å². The van der Waals surface area contributed by atoms with Gasteiger partial charge in [-0.05, 0) is 104 Å². The first kappa shape index (κ1) is 44.2. The summed E-state index contributed by atoms with van der Waals surface area (Å²) in [7, 11) is 0. The monoisotopic (exact) mass is 658 g/mol. The maximum atomic E-state index is 11.2. The van der Waals surface area contributed by atoms with Crippen LogP contribution < -0.4 is 0 Å². The van der Waals surface area contributed by atoms with Crippen molar-refractivity contribution < 1.29 is 47.5 Å². The van der Waals surface area contributed by atoms with Gasteiger partial charge in [0.25, 0.3) is 0 Å². The molecule has 0 amide bonds. The molecule has 0 fully saturated rings. The first-order valence-electron chi connectivity index (χ1n) is 17.6. The number of unbranched alkanes of at least 4 members (excludes halogenated alkanes) is 7. The second-order valence-electron chi connectivity index (χ2n) is 11.5. The maximum Gasteiger partial charge on any atom is 0.333 e. The van der Waals surface area contributed by atoms with Crippen LogP contribution in [0, 0.1) is 0 Å². The Bertz CT molecular complexity index is 668. The second kappa shape index (κ2) is 36.0. The third-order valence-electron chi connectivity index (χ3n) is 6.67. The lowest BCUT2D eigenvalue weighted by Crippen LogP contribution is -2.07. The summed E-state index contributed by atoms with van der Waals surface area (Å²) in [6.45, 7) is 20.4. The van der Waals surface area contributed by atoms with Crippen molar-refractivity contribution in [2.75, 3.05) is 92.5 Å². The molecule has 46 heavy (non-hydrogen) atoms. The van der Waals surface area contributed by atoms with E-state index in [0.717, 1.165) is 156 Å². The van der Waals surface area contributed by atoms with Crippen molar-refractivity contribution in [3.63, 3.8) is 0 Å². The van der Waals surface area contributed by atoms with E-state index >= 15 is 0 Å². The van der Waals surface area contributed by atoms with Crippen LogP contribution in [0.5, 0.6) is 0 Å². The zero-order chi connectivity index (χ0) is 33.8. The molecule has 10 heteroatoms. The molecule has 0 radical (unpaired) electrons. The molecule has 0 aliphatic rings. The van der Waals surface area contributed by atoms with Crippen LogP contribution in [0.15, 0.2) is 24.3 Å². The minimum atomic E-state index is -0.325. The molecule has 0 aromatic carbocycles. The predicted molar refractivity (Wildman–Crippen MR) is 181 cm³/mol. The number of hydrogen-bond acceptors (Lipinski definition) is 10. The number of carbonyl (C=O) groups excluding carboxylic acids is 2. The minimum Gasteiger partial charge on any atom is -0.462 e. The fourth-order valence-electron chi connectivity index (χ4n) is 3.84. The van der Waals surface area contributed by atoms with E-state index in [2.05, 4.69) is 13.2 Å². The van der Waals surface area contributed by atoms with E-state index < -0.39 is 0 Å². The van der Waals surface area contributed by atoms with E-state index in [1.54, 1.807) is 13.8 Å². The molecule has 0 heterocycles. The fourth-order valence-corrected chi connectivity index (χ4v) is 3.84. The summed E-state index contributed by atoms with van der Waals surface area (Å²) in [5.74, 6) is -0.651. The zero-order valence-corrected chi connectivity index (χ0v) is 29.3. The van der Waals surface area contributed by atoms with E-state index in [4.69, 9.17) is 37.9 Å². The minimum absolute atomic E-state index is 0.325. The van der Waals surface area contributed by atoms with Gasteiger partial charge in [-0.1, -0.05) is 13.2 Å². The number of carbonyl (C=O) groups is 2. The Balaban J connectivity index is 3.10. The van der Waals surface area contributed by atoms with Gasteiger partial charge >= 0.3 is 11.9 Å². The SMILES string of the molecule is C=C(C)C(=O)OCCCCOCCCCOCCCCOCCCCOCCCCOCCCCOCCCCOC(=O)C(=C)C. The summed E-state index contributed by atoms with van der Waals surface area (Å²) in [5.41, 5.74) is 0.867. The third kappa shape index (κ3) is 35.0. The highest BCUT2D eigenvalue weighted by Crippen LogP contribution is 2.02. The molecule has 0 aliphatic carbocycles. The van der Waals surface area contributed by atoms with E-state index in [1.807, 2.05) is 0 Å². The summed E-state index contributed by atoms with van der Waals surface area (Å²) in [6.07, 6.45) is 13.5. The van der Waals surface area contributed by atoms with Crippen molar-refractivity contribution in [3.05, 3.63) is 24.3 Å². The number of esters is 2. The molecule has 0 unspecified atom stereocenters. The van der Waals surface area contributed by atoms with Crippen molar-refractivity contribution in [2.24, 2.45) is 0 Å². The lowest BCUT2D eigenvalue weighted by Gasteiger charge is -2.08. The standard InChI is InChI=1S/C36H66O10/c1-33(2)35(37)45-31-17-15-29-43-27-13-11-25-41-23-9-7-21-39-19-5-6-20-40-22-8-10-24-42-26-12-14-28-44-30-16-18-32-46-36(38)34(3)4/h1,3,5-32H2,2,4H3. The van der Waals surface area contributed by atoms with Gasteiger partial charge in [0.2, 0.25) is 0 Å². The predicted octanol–water partition coefficient (Wildman–Crippen LogP) is 6.79. The van der Waals surface area contributed by atoms with Crippen LogP contribution in [0.2, 0.25) is 0 Å². The van der Waals surface area contributed by atoms with Crippen molar-refractivity contribution >= 4 is 11.9 Å². The Labute approximate surface area is 279 Å². The summed E-state index contributed by atoms with van der Waals surface area (Å²) in [5, 5.41) is 0. The van der Waals surface area contributed by atoms with E-state index in [-0.39, 0.29) is 11.9 Å². The Hall–Kier alpha value is -1.82. The molecular weight excluding hydrogens is 592 g/mol. The first-order chi connectivity index (χ1) is 22.4. The molecular formula is C36H66O10. The quantitative estimate of drug-likeness (QED) is 0.0402. The average Bonchev–Trinajstić information content (AvgIpc) is 3.04. The fraction of sp³-hybridized carbons (Fsp3) is 0.833. The molecule has 0 aromatic rings. The van der Waals surface area contributed by atoms with Crippen LogP contribution in [0.3, 0.4) is 0 Å². The molecule has 0 saturated heterocycles. The Morgan fingerprint density at radius 3 is 0.630 bits per heavy atom. The molecule has 10 nitrogen and oxygen atoms in total. The van der Waals surface area contributed by atoms with Crippen LogP contribution >= 0.6 is 0 Å². The van der Waals surface area contributed by atoms with Crippen LogP contribution in [0.25, 0.3) is 0 Å². The third-order valence-corrected chi connectivity index (χ3v) is 6.67. The van der Waals surface area contributed by atoms with Crippen molar-refractivity contribution in [1.29, 1.82) is 0 Å². The molecule has 0 aliphatic heterocycles. The number of ether oxygens (including phenoxy) is 8. The smallest absolute Gasteiger partial charge is 0.333 e. The van der Waals surface area contributed by atoms with Crippen LogP contribution in [0.4, 0.5) is 0 Å². The average molecular weight is 659 g/mol. The van der Waals surface area contributed by atoms with Gasteiger partial charge in [0.1, 0.15) is 0 Å². The normalized spacial score (nSPS) is 11.1. The molecule has 0 spiro atoms. The molecule has 0 atom stereocenters. The second-order valence-corrected chi connectivity index (χ2v) is 11.5. The molecule has 0 saturated carbocycles. The molecule has 0 bridgehead atoms. The summed E-state index contributed by atoms with van der Waals surface area (Å²) in [6, 6.07) is 0. The van der Waals surface area contributed by atoms with Gasteiger partial charge in [-0.3, -0.25) is 0 Å². The van der Waals surface area contributed by atoms with Crippen molar-refractivity contribution in [1.82, 2.24) is 0 Å². The largest absolute Gasteiger partial charge is 0.462 e. The van der Waals surface area contributed by atoms with Gasteiger partial charge in [0, 0.05) is 90.4 Å². The lowest BCUT2D eigenvalue weighted by molar-refractivity contribution is -0.140. The highest BCUT2D eigenvalue weighted by atomic mass is 16.5. The molecule has 0 rings (SSSR count). The van der Waals surface area contributed by atoms with Crippen molar-refractivity contribution in [2.45, 2.75) is 104 Å².